The van der Waals surface area contributed by atoms with E-state index < -0.39 is 72.1 Å². The van der Waals surface area contributed by atoms with Gasteiger partial charge in [0.2, 0.25) is 0 Å². The number of carboxylic acid groups (broad SMARTS) is 1. The van der Waals surface area contributed by atoms with Crippen LogP contribution in [-0.4, -0.2) is 110 Å². The molecular weight excluding hydrogens is 843 g/mol. The number of methoxy groups -OCH3 is 2. The molecule has 344 valence electrons. The Kier molecular flexibility index (Phi) is 31.3. The molecule has 61 heavy (non-hydrogen) atoms. The van der Waals surface area contributed by atoms with Gasteiger partial charge in [-0.05, 0) is 59.1 Å². The van der Waals surface area contributed by atoms with E-state index in [1.165, 1.54) is 14.2 Å². The minimum absolute atomic E-state index is 0. The number of hydrogen-bond acceptors (Lipinski definition) is 15. The average Bonchev–Trinajstić information content (AvgIpc) is 3.17. The van der Waals surface area contributed by atoms with Crippen molar-refractivity contribution >= 4 is 75.1 Å². The van der Waals surface area contributed by atoms with Gasteiger partial charge in [-0.2, -0.15) is 27.0 Å². The molecule has 0 aromatic heterocycles. The standard InChI is InChI=1S/C20H28N2O7.C12H16N2O4.C7H13NO4.2H2S/c1-20(2,3)29-18(25)21-12-15(23)10-11-16(17(24)27-4)22-19(26)28-13-14-8-6-5-7-9-14;1-17-11(15)10(7-13)14-12(16)18-8-9-5-3-2-4-6-9;1-7(2,3)12-6(11)8-4-5(9)10;;/h5-9,16H,10-13H2,1-4H3,(H,21,25)(H,22,26);2-6,10H,7-8,13H2,1H3,(H,14,16);4H2,1-3H3,(H,8,11)(H,9,10);2*1H2/t16-;10-;;;/m00.../s1. The Bertz CT molecular complexity index is 1640. The highest BCUT2D eigenvalue weighted by atomic mass is 32.1. The molecule has 2 aromatic carbocycles. The van der Waals surface area contributed by atoms with Gasteiger partial charge in [-0.3, -0.25) is 9.59 Å². The topological polar surface area (TPSA) is 286 Å². The zero-order valence-corrected chi connectivity index (χ0v) is 37.6. The SMILES string of the molecule is CC(C)(C)OC(=O)NCC(=O)O.COC(=O)[C@H](CCC(=O)CNC(=O)OC(C)(C)C)NC(=O)OCc1ccccc1.COC(=O)[C@H](CN)NC(=O)OCc1ccccc1.S.S. The number of alkyl carbamates (subject to hydrolysis) is 4. The van der Waals surface area contributed by atoms with Gasteiger partial charge in [0.25, 0.3) is 0 Å². The van der Waals surface area contributed by atoms with E-state index >= 15 is 0 Å². The van der Waals surface area contributed by atoms with Crippen molar-refractivity contribution < 1.29 is 71.9 Å². The van der Waals surface area contributed by atoms with Gasteiger partial charge in [-0.25, -0.2) is 28.8 Å². The van der Waals surface area contributed by atoms with Crippen molar-refractivity contribution in [2.45, 2.75) is 90.9 Å². The lowest BCUT2D eigenvalue weighted by Crippen LogP contribution is -2.46. The molecule has 0 aliphatic rings. The molecule has 0 spiro atoms. The first-order valence-corrected chi connectivity index (χ1v) is 18.1. The molecule has 0 bridgehead atoms. The van der Waals surface area contributed by atoms with E-state index in [-0.39, 0.29) is 71.9 Å². The van der Waals surface area contributed by atoms with Crippen LogP contribution < -0.4 is 27.0 Å². The van der Waals surface area contributed by atoms with Gasteiger partial charge in [0, 0.05) is 13.0 Å². The van der Waals surface area contributed by atoms with Crippen LogP contribution in [0.5, 0.6) is 0 Å². The molecule has 7 N–H and O–H groups in total. The number of benzene rings is 2. The van der Waals surface area contributed by atoms with Crippen LogP contribution in [-0.2, 0) is 60.8 Å². The molecule has 2 rings (SSSR count). The summed E-state index contributed by atoms with van der Waals surface area (Å²) < 4.78 is 28.9. The number of esters is 2. The highest BCUT2D eigenvalue weighted by Crippen LogP contribution is 2.08. The molecule has 0 saturated heterocycles. The summed E-state index contributed by atoms with van der Waals surface area (Å²) in [6.07, 6.45) is -3.00. The van der Waals surface area contributed by atoms with Crippen LogP contribution in [0.3, 0.4) is 0 Å². The lowest BCUT2D eigenvalue weighted by molar-refractivity contribution is -0.143. The fraction of sp³-hybridized carbons (Fsp3) is 0.487. The Hall–Kier alpha value is -5.74. The summed E-state index contributed by atoms with van der Waals surface area (Å²) in [5.74, 6) is -2.73. The molecule has 0 radical (unpaired) electrons. The summed E-state index contributed by atoms with van der Waals surface area (Å²) in [6.45, 7) is 9.68. The monoisotopic (exact) mass is 903 g/mol. The molecule has 22 heteroatoms. The highest BCUT2D eigenvalue weighted by Gasteiger charge is 2.24. The molecule has 4 amide bonds. The van der Waals surface area contributed by atoms with E-state index in [4.69, 9.17) is 29.8 Å². The number of amides is 4. The van der Waals surface area contributed by atoms with Gasteiger partial charge in [0.1, 0.15) is 43.0 Å². The summed E-state index contributed by atoms with van der Waals surface area (Å²) in [4.78, 5) is 90.7. The van der Waals surface area contributed by atoms with Gasteiger partial charge < -0.3 is 60.5 Å². The minimum atomic E-state index is -1.10. The number of ether oxygens (including phenoxy) is 6. The number of carbonyl (C=O) groups is 8. The third-order valence-electron chi connectivity index (χ3n) is 6.54. The molecule has 0 aliphatic carbocycles. The number of Topliss-reactive ketones (excluding diaryl/α,β-unsaturated/α-hetero) is 1. The van der Waals surface area contributed by atoms with E-state index in [1.807, 2.05) is 48.5 Å². The lowest BCUT2D eigenvalue weighted by Gasteiger charge is -2.19. The van der Waals surface area contributed by atoms with E-state index in [0.29, 0.717) is 0 Å². The molecule has 0 fully saturated rings. The van der Waals surface area contributed by atoms with Crippen molar-refractivity contribution in [3.63, 3.8) is 0 Å². The first-order valence-electron chi connectivity index (χ1n) is 18.1. The Morgan fingerprint density at radius 1 is 0.607 bits per heavy atom. The maximum atomic E-state index is 12.0. The van der Waals surface area contributed by atoms with Crippen LogP contribution in [0.2, 0.25) is 0 Å². The summed E-state index contributed by atoms with van der Waals surface area (Å²) in [5.41, 5.74) is 5.71. The molecular formula is C39H61N5O15S2. The van der Waals surface area contributed by atoms with E-state index in [9.17, 15) is 38.4 Å². The van der Waals surface area contributed by atoms with Crippen molar-refractivity contribution in [1.29, 1.82) is 0 Å². The van der Waals surface area contributed by atoms with Crippen molar-refractivity contribution in [1.82, 2.24) is 21.3 Å². The number of rotatable bonds is 16. The summed E-state index contributed by atoms with van der Waals surface area (Å²) in [7, 11) is 2.40. The Morgan fingerprint density at radius 3 is 1.34 bits per heavy atom. The zero-order valence-electron chi connectivity index (χ0n) is 35.6. The molecule has 2 atom stereocenters. The van der Waals surface area contributed by atoms with Gasteiger partial charge in [0.15, 0.2) is 5.78 Å². The van der Waals surface area contributed by atoms with E-state index in [0.717, 1.165) is 11.1 Å². The van der Waals surface area contributed by atoms with Crippen LogP contribution in [0.25, 0.3) is 0 Å². The van der Waals surface area contributed by atoms with Gasteiger partial charge >= 0.3 is 42.3 Å². The second-order valence-electron chi connectivity index (χ2n) is 14.0. The normalized spacial score (nSPS) is 11.0. The largest absolute Gasteiger partial charge is 0.480 e. The van der Waals surface area contributed by atoms with Crippen LogP contribution in [0.4, 0.5) is 19.2 Å². The number of nitrogens with one attached hydrogen (secondary N) is 4. The van der Waals surface area contributed by atoms with Crippen molar-refractivity contribution in [2.24, 2.45) is 5.73 Å². The predicted octanol–water partition coefficient (Wildman–Crippen LogP) is 3.56. The molecule has 0 aliphatic heterocycles. The minimum Gasteiger partial charge on any atom is -0.480 e. The van der Waals surface area contributed by atoms with Crippen LogP contribution in [0.1, 0.15) is 65.5 Å². The average molecular weight is 904 g/mol. The van der Waals surface area contributed by atoms with Crippen LogP contribution in [0.15, 0.2) is 60.7 Å². The third-order valence-corrected chi connectivity index (χ3v) is 6.54. The quantitative estimate of drug-likeness (QED) is 0.104. The van der Waals surface area contributed by atoms with Crippen molar-refractivity contribution in [2.75, 3.05) is 33.9 Å². The highest BCUT2D eigenvalue weighted by molar-refractivity contribution is 7.59. The van der Waals surface area contributed by atoms with Crippen LogP contribution >= 0.6 is 27.0 Å². The number of nitrogens with two attached hydrogens (primary N) is 1. The van der Waals surface area contributed by atoms with Crippen molar-refractivity contribution in [3.05, 3.63) is 71.8 Å². The smallest absolute Gasteiger partial charge is 0.408 e. The Morgan fingerprint density at radius 2 is 0.984 bits per heavy atom. The zero-order chi connectivity index (χ0) is 45.0. The molecule has 2 aromatic rings. The lowest BCUT2D eigenvalue weighted by atomic mass is 10.1. The number of carboxylic acids is 1. The van der Waals surface area contributed by atoms with Gasteiger partial charge in [-0.15, -0.1) is 0 Å². The van der Waals surface area contributed by atoms with Gasteiger partial charge in [0.05, 0.1) is 20.8 Å². The summed E-state index contributed by atoms with van der Waals surface area (Å²) >= 11 is 0. The van der Waals surface area contributed by atoms with E-state index in [1.54, 1.807) is 53.7 Å². The predicted molar refractivity (Wildman–Crippen MR) is 231 cm³/mol. The molecule has 0 unspecified atom stereocenters. The van der Waals surface area contributed by atoms with Gasteiger partial charge in [-0.1, -0.05) is 60.7 Å². The molecule has 0 saturated carbocycles. The molecule has 20 nitrogen and oxygen atoms in total. The first kappa shape index (κ1) is 59.6. The Labute approximate surface area is 369 Å². The number of carbonyl (C=O) groups excluding carboxylic acids is 7. The third kappa shape index (κ3) is 32.8. The Balaban J connectivity index is -0.000000899. The van der Waals surface area contributed by atoms with Crippen molar-refractivity contribution in [3.8, 4) is 0 Å². The maximum Gasteiger partial charge on any atom is 0.408 e. The summed E-state index contributed by atoms with van der Waals surface area (Å²) in [5, 5.41) is 17.3. The van der Waals surface area contributed by atoms with Crippen LogP contribution in [0, 0.1) is 0 Å². The summed E-state index contributed by atoms with van der Waals surface area (Å²) in [6, 6.07) is 16.3. The fourth-order valence-electron chi connectivity index (χ4n) is 3.90. The molecule has 0 heterocycles. The first-order chi connectivity index (χ1) is 27.6. The fourth-order valence-corrected chi connectivity index (χ4v) is 3.90. The number of ketones is 1. The number of hydrogen-bond donors (Lipinski definition) is 6. The number of aliphatic carboxylic acids is 1. The maximum absolute atomic E-state index is 12.0. The van der Waals surface area contributed by atoms with E-state index in [2.05, 4.69) is 30.7 Å². The second kappa shape index (κ2) is 32.1. The second-order valence-corrected chi connectivity index (χ2v) is 14.0.